The van der Waals surface area contributed by atoms with Crippen molar-refractivity contribution in [1.82, 2.24) is 9.55 Å². The van der Waals surface area contributed by atoms with Gasteiger partial charge in [-0.3, -0.25) is 4.57 Å². The predicted molar refractivity (Wildman–Crippen MR) is 147 cm³/mol. The summed E-state index contributed by atoms with van der Waals surface area (Å²) >= 11 is 0. The molecule has 174 valence electrons. The lowest BCUT2D eigenvalue weighted by molar-refractivity contribution is 0.270. The highest BCUT2D eigenvalue weighted by atomic mass is 16.5. The van der Waals surface area contributed by atoms with Gasteiger partial charge in [0.1, 0.15) is 17.7 Å². The standard InChI is InChI=1S/C33H26N2O/c1-21-19-22(2)28(33-34-29-16-7-8-17-30(29)35(33)23-11-4-3-5-12-23)20-27(21)26-15-10-14-25-24-13-6-9-18-31(24)36-32(25)26/h3-20,24,31H,1-2H3. The van der Waals surface area contributed by atoms with Crippen molar-refractivity contribution in [3.8, 4) is 34.0 Å². The summed E-state index contributed by atoms with van der Waals surface area (Å²) in [4.78, 5) is 5.13. The van der Waals surface area contributed by atoms with Crippen LogP contribution in [-0.2, 0) is 0 Å². The Morgan fingerprint density at radius 1 is 0.722 bits per heavy atom. The van der Waals surface area contributed by atoms with Crippen molar-refractivity contribution < 1.29 is 4.74 Å². The Hall–Kier alpha value is -4.37. The van der Waals surface area contributed by atoms with E-state index in [9.17, 15) is 0 Å². The lowest BCUT2D eigenvalue weighted by atomic mass is 9.88. The van der Waals surface area contributed by atoms with Gasteiger partial charge in [0.25, 0.3) is 0 Å². The Morgan fingerprint density at radius 2 is 1.50 bits per heavy atom. The van der Waals surface area contributed by atoms with E-state index < -0.39 is 0 Å². The molecule has 2 unspecified atom stereocenters. The molecule has 1 aliphatic heterocycles. The first-order valence-electron chi connectivity index (χ1n) is 12.5. The molecule has 36 heavy (non-hydrogen) atoms. The minimum Gasteiger partial charge on any atom is -0.484 e. The fourth-order valence-corrected chi connectivity index (χ4v) is 5.71. The quantitative estimate of drug-likeness (QED) is 0.270. The predicted octanol–water partition coefficient (Wildman–Crippen LogP) is 7.95. The first-order valence-corrected chi connectivity index (χ1v) is 12.5. The molecule has 2 atom stereocenters. The molecule has 2 heterocycles. The minimum atomic E-state index is 0.0682. The highest BCUT2D eigenvalue weighted by molar-refractivity contribution is 5.86. The Bertz CT molecular complexity index is 1690. The van der Waals surface area contributed by atoms with Gasteiger partial charge in [-0.25, -0.2) is 4.98 Å². The van der Waals surface area contributed by atoms with Gasteiger partial charge in [0.2, 0.25) is 0 Å². The number of hydrogen-bond acceptors (Lipinski definition) is 2. The van der Waals surface area contributed by atoms with Crippen LogP contribution >= 0.6 is 0 Å². The highest BCUT2D eigenvalue weighted by Gasteiger charge is 2.34. The van der Waals surface area contributed by atoms with E-state index in [1.807, 2.05) is 0 Å². The highest BCUT2D eigenvalue weighted by Crippen LogP contribution is 2.47. The van der Waals surface area contributed by atoms with Crippen molar-refractivity contribution in [3.05, 3.63) is 126 Å². The van der Waals surface area contributed by atoms with E-state index in [2.05, 4.69) is 128 Å². The van der Waals surface area contributed by atoms with Crippen LogP contribution in [0.2, 0.25) is 0 Å². The number of rotatable bonds is 3. The second-order valence-corrected chi connectivity index (χ2v) is 9.68. The number of aromatic nitrogens is 2. The molecule has 2 aliphatic rings. The molecule has 1 aliphatic carbocycles. The second kappa shape index (κ2) is 8.10. The number of benzene rings is 4. The molecule has 1 aromatic heterocycles. The van der Waals surface area contributed by atoms with Crippen molar-refractivity contribution in [2.45, 2.75) is 25.9 Å². The van der Waals surface area contributed by atoms with E-state index in [0.717, 1.165) is 39.4 Å². The smallest absolute Gasteiger partial charge is 0.146 e. The Labute approximate surface area is 211 Å². The molecule has 0 saturated carbocycles. The summed E-state index contributed by atoms with van der Waals surface area (Å²) in [5.74, 6) is 2.23. The van der Waals surface area contributed by atoms with Crippen LogP contribution in [0.25, 0.3) is 39.2 Å². The maximum Gasteiger partial charge on any atom is 0.146 e. The number of imidazole rings is 1. The van der Waals surface area contributed by atoms with Crippen molar-refractivity contribution in [2.75, 3.05) is 0 Å². The zero-order valence-corrected chi connectivity index (χ0v) is 20.3. The molecular weight excluding hydrogens is 440 g/mol. The number of fused-ring (bicyclic) bond motifs is 4. The maximum atomic E-state index is 6.51. The van der Waals surface area contributed by atoms with Crippen molar-refractivity contribution in [3.63, 3.8) is 0 Å². The first-order chi connectivity index (χ1) is 17.7. The molecule has 0 amide bonds. The third kappa shape index (κ3) is 3.16. The molecule has 0 radical (unpaired) electrons. The molecular formula is C33H26N2O. The average molecular weight is 467 g/mol. The van der Waals surface area contributed by atoms with Gasteiger partial charge in [0.15, 0.2) is 0 Å². The fraction of sp³-hybridized carbons (Fsp3) is 0.121. The zero-order valence-electron chi connectivity index (χ0n) is 20.3. The monoisotopic (exact) mass is 466 g/mol. The molecule has 0 bridgehead atoms. The van der Waals surface area contributed by atoms with Crippen LogP contribution in [0.5, 0.6) is 5.75 Å². The van der Waals surface area contributed by atoms with E-state index in [4.69, 9.17) is 9.72 Å². The summed E-state index contributed by atoms with van der Waals surface area (Å²) in [5, 5.41) is 0. The number of ether oxygens (including phenoxy) is 1. The van der Waals surface area contributed by atoms with Gasteiger partial charge in [0, 0.05) is 28.3 Å². The molecule has 3 heteroatoms. The maximum absolute atomic E-state index is 6.51. The summed E-state index contributed by atoms with van der Waals surface area (Å²) < 4.78 is 8.78. The minimum absolute atomic E-state index is 0.0682. The lowest BCUT2D eigenvalue weighted by Crippen LogP contribution is -2.15. The number of aryl methyl sites for hydroxylation is 2. The zero-order chi connectivity index (χ0) is 24.2. The third-order valence-corrected chi connectivity index (χ3v) is 7.42. The SMILES string of the molecule is Cc1cc(C)c(-c2nc3ccccc3n2-c2ccccc2)cc1-c1cccc2c1OC1C=CC=CC21. The number of para-hydroxylation sites is 4. The molecule has 4 aromatic carbocycles. The second-order valence-electron chi connectivity index (χ2n) is 9.68. The van der Waals surface area contributed by atoms with Crippen LogP contribution in [0.15, 0.2) is 109 Å². The molecule has 5 aromatic rings. The summed E-state index contributed by atoms with van der Waals surface area (Å²) in [7, 11) is 0. The first kappa shape index (κ1) is 21.0. The summed E-state index contributed by atoms with van der Waals surface area (Å²) in [6.07, 6.45) is 8.67. The average Bonchev–Trinajstić information content (AvgIpc) is 3.48. The van der Waals surface area contributed by atoms with Crippen molar-refractivity contribution in [2.24, 2.45) is 0 Å². The Balaban J connectivity index is 1.45. The van der Waals surface area contributed by atoms with Crippen molar-refractivity contribution in [1.29, 1.82) is 0 Å². The van der Waals surface area contributed by atoms with Gasteiger partial charge in [-0.2, -0.15) is 0 Å². The molecule has 0 saturated heterocycles. The fourth-order valence-electron chi connectivity index (χ4n) is 5.71. The molecule has 0 N–H and O–H groups in total. The molecule has 3 nitrogen and oxygen atoms in total. The molecule has 0 spiro atoms. The Morgan fingerprint density at radius 3 is 2.39 bits per heavy atom. The van der Waals surface area contributed by atoms with Crippen LogP contribution in [0.3, 0.4) is 0 Å². The van der Waals surface area contributed by atoms with Crippen LogP contribution in [-0.4, -0.2) is 15.7 Å². The molecule has 0 fully saturated rings. The van der Waals surface area contributed by atoms with Crippen LogP contribution in [0.4, 0.5) is 0 Å². The largest absolute Gasteiger partial charge is 0.484 e. The number of hydrogen-bond donors (Lipinski definition) is 0. The van der Waals surface area contributed by atoms with Crippen LogP contribution < -0.4 is 4.74 Å². The topological polar surface area (TPSA) is 27.1 Å². The lowest BCUT2D eigenvalue weighted by Gasteiger charge is -2.17. The van der Waals surface area contributed by atoms with Gasteiger partial charge in [-0.05, 0) is 66.9 Å². The summed E-state index contributed by atoms with van der Waals surface area (Å²) in [6, 6.07) is 30.0. The summed E-state index contributed by atoms with van der Waals surface area (Å²) in [6.45, 7) is 4.37. The number of nitrogens with zero attached hydrogens (tertiary/aromatic N) is 2. The van der Waals surface area contributed by atoms with Crippen LogP contribution in [0, 0.1) is 13.8 Å². The third-order valence-electron chi connectivity index (χ3n) is 7.42. The Kier molecular flexibility index (Phi) is 4.71. The van der Waals surface area contributed by atoms with E-state index in [1.54, 1.807) is 0 Å². The summed E-state index contributed by atoms with van der Waals surface area (Å²) in [5.41, 5.74) is 10.4. The molecule has 7 rings (SSSR count). The van der Waals surface area contributed by atoms with Gasteiger partial charge >= 0.3 is 0 Å². The van der Waals surface area contributed by atoms with E-state index in [1.165, 1.54) is 22.3 Å². The van der Waals surface area contributed by atoms with E-state index in [0.29, 0.717) is 0 Å². The number of allylic oxidation sites excluding steroid dienone is 2. The van der Waals surface area contributed by atoms with Gasteiger partial charge in [-0.15, -0.1) is 0 Å². The van der Waals surface area contributed by atoms with Gasteiger partial charge in [-0.1, -0.05) is 72.8 Å². The van der Waals surface area contributed by atoms with Gasteiger partial charge in [0.05, 0.1) is 11.0 Å². The van der Waals surface area contributed by atoms with Crippen LogP contribution in [0.1, 0.15) is 22.6 Å². The normalized spacial score (nSPS) is 17.7. The van der Waals surface area contributed by atoms with E-state index >= 15 is 0 Å². The van der Waals surface area contributed by atoms with Crippen molar-refractivity contribution >= 4 is 11.0 Å². The van der Waals surface area contributed by atoms with E-state index in [-0.39, 0.29) is 12.0 Å². The van der Waals surface area contributed by atoms with Gasteiger partial charge < -0.3 is 4.74 Å².